The summed E-state index contributed by atoms with van der Waals surface area (Å²) in [5.41, 5.74) is 1.42. The molecule has 6 amide bonds. The van der Waals surface area contributed by atoms with Gasteiger partial charge in [0.25, 0.3) is 11.8 Å². The van der Waals surface area contributed by atoms with Crippen molar-refractivity contribution >= 4 is 56.9 Å². The molecule has 1 saturated heterocycles. The number of hydrogen-bond acceptors (Lipinski definition) is 8. The number of thiazole rings is 1. The van der Waals surface area contributed by atoms with Gasteiger partial charge in [0.15, 0.2) is 0 Å². The molecule has 12 heteroatoms. The quantitative estimate of drug-likeness (QED) is 0.426. The van der Waals surface area contributed by atoms with Gasteiger partial charge in [-0.15, -0.1) is 11.3 Å². The summed E-state index contributed by atoms with van der Waals surface area (Å²) < 4.78 is 6.40. The van der Waals surface area contributed by atoms with Crippen LogP contribution in [-0.2, 0) is 15.1 Å². The Morgan fingerprint density at radius 1 is 1.13 bits per heavy atom. The Bertz CT molecular complexity index is 1540. The number of rotatable bonds is 5. The minimum Gasteiger partial charge on any atom is -0.494 e. The second-order valence-electron chi connectivity index (χ2n) is 9.74. The first kappa shape index (κ1) is 25.3. The van der Waals surface area contributed by atoms with Crippen LogP contribution in [0.15, 0.2) is 30.3 Å². The summed E-state index contributed by atoms with van der Waals surface area (Å²) in [6.07, 6.45) is 0.101. The number of aryl methyl sites for hydroxylation is 1. The van der Waals surface area contributed by atoms with Crippen LogP contribution in [0.2, 0.25) is 0 Å². The van der Waals surface area contributed by atoms with Gasteiger partial charge in [0, 0.05) is 12.1 Å². The van der Waals surface area contributed by atoms with Gasteiger partial charge in [-0.25, -0.2) is 9.78 Å². The number of ether oxygens (including phenoxy) is 1. The predicted octanol–water partition coefficient (Wildman–Crippen LogP) is 3.07. The number of carbonyl (C=O) groups is 5. The van der Waals surface area contributed by atoms with E-state index in [0.717, 1.165) is 20.7 Å². The molecule has 1 aromatic heterocycles. The average molecular weight is 536 g/mol. The van der Waals surface area contributed by atoms with E-state index < -0.39 is 41.2 Å². The number of piperidine rings is 1. The lowest BCUT2D eigenvalue weighted by molar-refractivity contribution is -0.136. The zero-order chi connectivity index (χ0) is 27.4. The number of anilines is 1. The largest absolute Gasteiger partial charge is 0.494 e. The molecule has 2 aliphatic heterocycles. The Balaban J connectivity index is 1.32. The highest BCUT2D eigenvalue weighted by Gasteiger charge is 2.44. The third-order valence-corrected chi connectivity index (χ3v) is 7.81. The van der Waals surface area contributed by atoms with Crippen LogP contribution < -0.4 is 20.7 Å². The molecule has 38 heavy (non-hydrogen) atoms. The Kier molecular flexibility index (Phi) is 6.14. The molecule has 0 aliphatic carbocycles. The van der Waals surface area contributed by atoms with Crippen molar-refractivity contribution in [3.8, 4) is 5.75 Å². The van der Waals surface area contributed by atoms with Crippen molar-refractivity contribution in [3.63, 3.8) is 0 Å². The summed E-state index contributed by atoms with van der Waals surface area (Å²) in [7, 11) is 1.59. The van der Waals surface area contributed by atoms with Crippen LogP contribution in [0.25, 0.3) is 10.2 Å². The number of nitrogens with one attached hydrogen (secondary N) is 3. The highest BCUT2D eigenvalue weighted by atomic mass is 32.1. The predicted molar refractivity (Wildman–Crippen MR) is 139 cm³/mol. The fourth-order valence-electron chi connectivity index (χ4n) is 4.60. The molecule has 5 rings (SSSR count). The first-order valence-electron chi connectivity index (χ1n) is 11.9. The lowest BCUT2D eigenvalue weighted by atomic mass is 10.0. The number of imide groups is 2. The van der Waals surface area contributed by atoms with E-state index in [9.17, 15) is 24.0 Å². The number of methoxy groups -OCH3 is 1. The lowest BCUT2D eigenvalue weighted by Gasteiger charge is -2.27. The maximum atomic E-state index is 13.0. The molecule has 3 aromatic rings. The maximum absolute atomic E-state index is 13.0. The van der Waals surface area contributed by atoms with Gasteiger partial charge >= 0.3 is 6.03 Å². The summed E-state index contributed by atoms with van der Waals surface area (Å²) in [4.78, 5) is 68.1. The van der Waals surface area contributed by atoms with Gasteiger partial charge in [-0.3, -0.25) is 29.4 Å². The summed E-state index contributed by atoms with van der Waals surface area (Å²) in [6, 6.07) is 6.67. The zero-order valence-electron chi connectivity index (χ0n) is 21.1. The van der Waals surface area contributed by atoms with E-state index in [4.69, 9.17) is 9.72 Å². The molecule has 0 spiro atoms. The van der Waals surface area contributed by atoms with Crippen molar-refractivity contribution in [1.82, 2.24) is 20.5 Å². The third kappa shape index (κ3) is 4.36. The lowest BCUT2D eigenvalue weighted by Crippen LogP contribution is -2.54. The molecule has 0 bridgehead atoms. The Hall–Kier alpha value is -4.32. The van der Waals surface area contributed by atoms with Crippen molar-refractivity contribution in [1.29, 1.82) is 0 Å². The van der Waals surface area contributed by atoms with Crippen molar-refractivity contribution in [2.75, 3.05) is 12.4 Å². The highest BCUT2D eigenvalue weighted by molar-refractivity contribution is 7.18. The first-order valence-corrected chi connectivity index (χ1v) is 12.7. The van der Waals surface area contributed by atoms with Crippen molar-refractivity contribution in [2.45, 2.75) is 45.2 Å². The van der Waals surface area contributed by atoms with Crippen molar-refractivity contribution in [3.05, 3.63) is 52.0 Å². The molecule has 3 N–H and O–H groups in total. The third-order valence-electron chi connectivity index (χ3n) is 6.48. The Morgan fingerprint density at radius 2 is 1.87 bits per heavy atom. The van der Waals surface area contributed by atoms with E-state index in [1.807, 2.05) is 32.9 Å². The SMILES string of the molecule is COc1cc(C)cc2sc(C(C)(C)NC(=O)Nc3ccc4c(c3)C(=O)N(C3CCC(=O)NC3=O)C4=O)nc12. The van der Waals surface area contributed by atoms with E-state index >= 15 is 0 Å². The molecule has 0 saturated carbocycles. The smallest absolute Gasteiger partial charge is 0.319 e. The topological polar surface area (TPSA) is 147 Å². The van der Waals surface area contributed by atoms with E-state index in [1.165, 1.54) is 29.5 Å². The van der Waals surface area contributed by atoms with Gasteiger partial charge in [0.1, 0.15) is 22.3 Å². The molecule has 3 heterocycles. The Morgan fingerprint density at radius 3 is 2.58 bits per heavy atom. The van der Waals surface area contributed by atoms with E-state index in [0.29, 0.717) is 16.4 Å². The van der Waals surface area contributed by atoms with Crippen LogP contribution in [0.1, 0.15) is 58.0 Å². The molecular formula is C26H25N5O6S. The molecule has 1 unspecified atom stereocenters. The van der Waals surface area contributed by atoms with Crippen molar-refractivity contribution in [2.24, 2.45) is 0 Å². The van der Waals surface area contributed by atoms with Crippen LogP contribution in [0.5, 0.6) is 5.75 Å². The van der Waals surface area contributed by atoms with Gasteiger partial charge in [0.2, 0.25) is 11.8 Å². The second-order valence-corrected chi connectivity index (χ2v) is 10.8. The fraction of sp³-hybridized carbons (Fsp3) is 0.308. The highest BCUT2D eigenvalue weighted by Crippen LogP contribution is 2.36. The fourth-order valence-corrected chi connectivity index (χ4v) is 5.74. The summed E-state index contributed by atoms with van der Waals surface area (Å²) >= 11 is 1.45. The average Bonchev–Trinajstić information content (AvgIpc) is 3.38. The number of hydrogen-bond donors (Lipinski definition) is 3. The molecule has 1 atom stereocenters. The normalized spacial score (nSPS) is 17.5. The Labute approximate surface area is 221 Å². The number of amides is 6. The van der Waals surface area contributed by atoms with Gasteiger partial charge in [-0.05, 0) is 63.1 Å². The number of urea groups is 1. The van der Waals surface area contributed by atoms with E-state index in [2.05, 4.69) is 16.0 Å². The van der Waals surface area contributed by atoms with Crippen LogP contribution in [0, 0.1) is 6.92 Å². The molecule has 2 aromatic carbocycles. The van der Waals surface area contributed by atoms with Crippen LogP contribution in [0.4, 0.5) is 10.5 Å². The summed E-state index contributed by atoms with van der Waals surface area (Å²) in [5, 5.41) is 8.45. The minimum absolute atomic E-state index is 0.0353. The maximum Gasteiger partial charge on any atom is 0.319 e. The van der Waals surface area contributed by atoms with Gasteiger partial charge < -0.3 is 15.4 Å². The number of aromatic nitrogens is 1. The molecule has 1 fully saturated rings. The zero-order valence-corrected chi connectivity index (χ0v) is 21.9. The standard InChI is InChI=1S/C26H25N5O6S/c1-12-9-17(37-4)20-18(10-12)38-24(29-20)26(2,3)30-25(36)27-13-5-6-14-15(11-13)23(35)31(22(14)34)16-7-8-19(32)28-21(16)33/h5-6,9-11,16H,7-8H2,1-4H3,(H2,27,30,36)(H,28,32,33). The summed E-state index contributed by atoms with van der Waals surface area (Å²) in [6.45, 7) is 5.62. The van der Waals surface area contributed by atoms with Crippen LogP contribution in [0.3, 0.4) is 0 Å². The monoisotopic (exact) mass is 535 g/mol. The van der Waals surface area contributed by atoms with Gasteiger partial charge in [-0.2, -0.15) is 0 Å². The number of nitrogens with zero attached hydrogens (tertiary/aromatic N) is 2. The van der Waals surface area contributed by atoms with Gasteiger partial charge in [0.05, 0.1) is 28.5 Å². The molecule has 196 valence electrons. The number of fused-ring (bicyclic) bond motifs is 2. The number of benzene rings is 2. The minimum atomic E-state index is -1.06. The molecule has 2 aliphatic rings. The van der Waals surface area contributed by atoms with Gasteiger partial charge in [-0.1, -0.05) is 0 Å². The molecule has 11 nitrogen and oxygen atoms in total. The van der Waals surface area contributed by atoms with Crippen LogP contribution in [-0.4, -0.2) is 52.7 Å². The number of carbonyl (C=O) groups excluding carboxylic acids is 5. The van der Waals surface area contributed by atoms with Crippen molar-refractivity contribution < 1.29 is 28.7 Å². The summed E-state index contributed by atoms with van der Waals surface area (Å²) in [5.74, 6) is -1.73. The first-order chi connectivity index (χ1) is 18.0. The van der Waals surface area contributed by atoms with E-state index in [-0.39, 0.29) is 24.0 Å². The van der Waals surface area contributed by atoms with Crippen LogP contribution >= 0.6 is 11.3 Å². The second kappa shape index (κ2) is 9.21. The van der Waals surface area contributed by atoms with E-state index in [1.54, 1.807) is 7.11 Å². The molecular weight excluding hydrogens is 510 g/mol. The molecule has 0 radical (unpaired) electrons.